The van der Waals surface area contributed by atoms with E-state index >= 15 is 0 Å². The Kier molecular flexibility index (Phi) is 7.64. The van der Waals surface area contributed by atoms with Crippen LogP contribution in [0, 0.1) is 17.0 Å². The number of non-ortho nitro benzene ring substituents is 1. The molecule has 9 nitrogen and oxygen atoms in total. The van der Waals surface area contributed by atoms with E-state index in [1.807, 2.05) is 30.3 Å². The maximum absolute atomic E-state index is 13.1. The number of nitro groups is 1. The molecular weight excluding hydrogens is 476 g/mol. The Hall–Kier alpha value is -4.50. The van der Waals surface area contributed by atoms with Crippen molar-refractivity contribution in [3.63, 3.8) is 0 Å². The highest BCUT2D eigenvalue weighted by atomic mass is 16.6. The third kappa shape index (κ3) is 5.36. The van der Waals surface area contributed by atoms with E-state index in [9.17, 15) is 24.8 Å². The largest absolute Gasteiger partial charge is 0.507 e. The van der Waals surface area contributed by atoms with Gasteiger partial charge >= 0.3 is 0 Å². The highest BCUT2D eigenvalue weighted by Crippen LogP contribution is 2.40. The van der Waals surface area contributed by atoms with E-state index in [0.29, 0.717) is 29.0 Å². The number of carbonyl (C=O) groups is 2. The number of nitrogens with zero attached hydrogens (tertiary/aromatic N) is 2. The van der Waals surface area contributed by atoms with Gasteiger partial charge in [0.15, 0.2) is 0 Å². The van der Waals surface area contributed by atoms with Gasteiger partial charge in [0.05, 0.1) is 23.1 Å². The van der Waals surface area contributed by atoms with E-state index in [0.717, 1.165) is 5.56 Å². The molecule has 1 saturated heterocycles. The lowest BCUT2D eigenvalue weighted by Crippen LogP contribution is -2.32. The van der Waals surface area contributed by atoms with Gasteiger partial charge in [-0.25, -0.2) is 0 Å². The third-order valence-corrected chi connectivity index (χ3v) is 6.17. The van der Waals surface area contributed by atoms with Gasteiger partial charge in [0.2, 0.25) is 0 Å². The number of aryl methyl sites for hydroxylation is 1. The molecule has 4 rings (SSSR count). The molecule has 9 heteroatoms. The molecule has 190 valence electrons. The minimum absolute atomic E-state index is 0.0659. The van der Waals surface area contributed by atoms with Crippen molar-refractivity contribution in [2.45, 2.75) is 19.6 Å². The van der Waals surface area contributed by atoms with Crippen molar-refractivity contribution in [1.29, 1.82) is 0 Å². The van der Waals surface area contributed by atoms with Crippen LogP contribution in [0.25, 0.3) is 5.76 Å². The van der Waals surface area contributed by atoms with Crippen molar-refractivity contribution >= 4 is 23.1 Å². The first-order valence-electron chi connectivity index (χ1n) is 11.6. The van der Waals surface area contributed by atoms with E-state index in [-0.39, 0.29) is 30.2 Å². The zero-order valence-electron chi connectivity index (χ0n) is 20.4. The number of methoxy groups -OCH3 is 1. The molecule has 0 radical (unpaired) electrons. The fraction of sp³-hybridized carbons (Fsp3) is 0.214. The molecule has 1 N–H and O–H groups in total. The number of aliphatic hydroxyl groups excluding tert-OH is 1. The predicted molar refractivity (Wildman–Crippen MR) is 136 cm³/mol. The molecule has 37 heavy (non-hydrogen) atoms. The predicted octanol–water partition coefficient (Wildman–Crippen LogP) is 4.55. The van der Waals surface area contributed by atoms with Gasteiger partial charge < -0.3 is 19.5 Å². The molecule has 3 aromatic carbocycles. The number of ether oxygens (including phenoxy) is 2. The summed E-state index contributed by atoms with van der Waals surface area (Å²) < 4.78 is 10.9. The second-order valence-corrected chi connectivity index (χ2v) is 8.59. The van der Waals surface area contributed by atoms with Crippen molar-refractivity contribution < 1.29 is 29.1 Å². The Morgan fingerprint density at radius 2 is 1.81 bits per heavy atom. The molecule has 1 atom stereocenters. The summed E-state index contributed by atoms with van der Waals surface area (Å²) >= 11 is 0. The van der Waals surface area contributed by atoms with Gasteiger partial charge in [0.1, 0.15) is 18.1 Å². The summed E-state index contributed by atoms with van der Waals surface area (Å²) in [6, 6.07) is 19.4. The Morgan fingerprint density at radius 1 is 1.05 bits per heavy atom. The minimum atomic E-state index is -1.01. The first-order chi connectivity index (χ1) is 17.8. The van der Waals surface area contributed by atoms with Crippen LogP contribution in [0.2, 0.25) is 0 Å². The lowest BCUT2D eigenvalue weighted by molar-refractivity contribution is -0.384. The Balaban J connectivity index is 1.73. The average molecular weight is 503 g/mol. The normalized spacial score (nSPS) is 16.7. The van der Waals surface area contributed by atoms with Gasteiger partial charge in [0.25, 0.3) is 17.4 Å². The minimum Gasteiger partial charge on any atom is -0.507 e. The van der Waals surface area contributed by atoms with Crippen LogP contribution in [0.5, 0.6) is 5.75 Å². The second kappa shape index (κ2) is 11.0. The second-order valence-electron chi connectivity index (χ2n) is 8.59. The first kappa shape index (κ1) is 25.6. The number of Topliss-reactive ketones (excluding diaryl/α,β-unsaturated/α-hetero) is 1. The molecule has 1 heterocycles. The first-order valence-corrected chi connectivity index (χ1v) is 11.6. The molecule has 0 aromatic heterocycles. The quantitative estimate of drug-likeness (QED) is 0.150. The van der Waals surface area contributed by atoms with Crippen LogP contribution in [0.4, 0.5) is 5.69 Å². The van der Waals surface area contributed by atoms with Crippen LogP contribution in [-0.2, 0) is 20.9 Å². The molecule has 0 aliphatic carbocycles. The summed E-state index contributed by atoms with van der Waals surface area (Å²) in [6.07, 6.45) is 0. The SMILES string of the molecule is COCCN1C(=O)C(=O)/C(=C(/O)c2ccc(OCc3ccccc3)cc2C)[C@@H]1c1cccc([N+](=O)[O-])c1. The molecule has 1 fully saturated rings. The number of benzene rings is 3. The van der Waals surface area contributed by atoms with E-state index in [4.69, 9.17) is 9.47 Å². The summed E-state index contributed by atoms with van der Waals surface area (Å²) in [4.78, 5) is 38.2. The molecule has 1 aliphatic heterocycles. The fourth-order valence-electron chi connectivity index (χ4n) is 4.33. The van der Waals surface area contributed by atoms with Gasteiger partial charge in [-0.3, -0.25) is 19.7 Å². The molecule has 0 spiro atoms. The summed E-state index contributed by atoms with van der Waals surface area (Å²) in [5.74, 6) is -1.46. The standard InChI is InChI=1S/C28H26N2O7/c1-18-15-22(37-17-19-7-4-3-5-8-19)11-12-23(18)26(31)24-25(20-9-6-10-21(16-20)30(34)35)29(13-14-36-2)28(33)27(24)32/h3-12,15-16,25,31H,13-14,17H2,1-2H3/b26-24+/t25-/m0/s1. The third-order valence-electron chi connectivity index (χ3n) is 6.17. The van der Waals surface area contributed by atoms with Crippen molar-refractivity contribution in [3.05, 3.63) is 111 Å². The molecule has 1 amide bonds. The average Bonchev–Trinajstić information content (AvgIpc) is 3.16. The monoisotopic (exact) mass is 502 g/mol. The van der Waals surface area contributed by atoms with Crippen molar-refractivity contribution in [2.24, 2.45) is 0 Å². The number of hydrogen-bond acceptors (Lipinski definition) is 7. The van der Waals surface area contributed by atoms with Crippen molar-refractivity contribution in [2.75, 3.05) is 20.3 Å². The number of hydrogen-bond donors (Lipinski definition) is 1. The van der Waals surface area contributed by atoms with Crippen LogP contribution in [0.3, 0.4) is 0 Å². The number of likely N-dealkylation sites (tertiary alicyclic amines) is 1. The molecule has 1 aliphatic rings. The zero-order valence-corrected chi connectivity index (χ0v) is 20.4. The van der Waals surface area contributed by atoms with Gasteiger partial charge in [-0.15, -0.1) is 0 Å². The lowest BCUT2D eigenvalue weighted by Gasteiger charge is -2.25. The summed E-state index contributed by atoms with van der Waals surface area (Å²) in [5.41, 5.74) is 2.00. The van der Waals surface area contributed by atoms with Gasteiger partial charge in [-0.05, 0) is 41.8 Å². The Labute approximate surface area is 213 Å². The van der Waals surface area contributed by atoms with E-state index in [1.54, 1.807) is 31.2 Å². The van der Waals surface area contributed by atoms with E-state index < -0.39 is 22.7 Å². The number of rotatable bonds is 9. The number of ketones is 1. The Bertz CT molecular complexity index is 1370. The number of nitro benzene ring substituents is 1. The lowest BCUT2D eigenvalue weighted by atomic mass is 9.93. The topological polar surface area (TPSA) is 119 Å². The maximum atomic E-state index is 13.1. The highest BCUT2D eigenvalue weighted by molar-refractivity contribution is 6.46. The van der Waals surface area contributed by atoms with Crippen LogP contribution in [0.15, 0.2) is 78.4 Å². The zero-order chi connectivity index (χ0) is 26.5. The van der Waals surface area contributed by atoms with E-state index in [2.05, 4.69) is 0 Å². The number of amides is 1. The number of aliphatic hydroxyl groups is 1. The smallest absolute Gasteiger partial charge is 0.295 e. The van der Waals surface area contributed by atoms with E-state index in [1.165, 1.54) is 30.2 Å². The van der Waals surface area contributed by atoms with Crippen LogP contribution < -0.4 is 4.74 Å². The van der Waals surface area contributed by atoms with Crippen LogP contribution in [0.1, 0.15) is 28.3 Å². The molecule has 0 unspecified atom stereocenters. The molecule has 0 bridgehead atoms. The van der Waals surface area contributed by atoms with Gasteiger partial charge in [-0.2, -0.15) is 0 Å². The van der Waals surface area contributed by atoms with Gasteiger partial charge in [-0.1, -0.05) is 42.5 Å². The molecular formula is C28H26N2O7. The molecule has 0 saturated carbocycles. The Morgan fingerprint density at radius 3 is 2.49 bits per heavy atom. The van der Waals surface area contributed by atoms with Gasteiger partial charge in [0, 0.05) is 31.4 Å². The summed E-state index contributed by atoms with van der Waals surface area (Å²) in [6.45, 7) is 2.33. The van der Waals surface area contributed by atoms with Crippen molar-refractivity contribution in [1.82, 2.24) is 4.90 Å². The summed E-state index contributed by atoms with van der Waals surface area (Å²) in [7, 11) is 1.46. The van der Waals surface area contributed by atoms with Crippen molar-refractivity contribution in [3.8, 4) is 5.75 Å². The summed E-state index contributed by atoms with van der Waals surface area (Å²) in [5, 5.41) is 22.7. The van der Waals surface area contributed by atoms with Crippen LogP contribution >= 0.6 is 0 Å². The maximum Gasteiger partial charge on any atom is 0.295 e. The van der Waals surface area contributed by atoms with Crippen LogP contribution in [-0.4, -0.2) is 46.9 Å². The number of carbonyl (C=O) groups excluding carboxylic acids is 2. The fourth-order valence-corrected chi connectivity index (χ4v) is 4.33. The molecule has 3 aromatic rings. The highest BCUT2D eigenvalue weighted by Gasteiger charge is 2.46.